The second-order valence-electron chi connectivity index (χ2n) is 5.97. The Morgan fingerprint density at radius 3 is 2.39 bits per heavy atom. The molecular formula is C20H13F4N3O5S. The van der Waals surface area contributed by atoms with Crippen molar-refractivity contribution >= 4 is 22.3 Å². The predicted octanol–water partition coefficient (Wildman–Crippen LogP) is 4.41. The van der Waals surface area contributed by atoms with Gasteiger partial charge in [0, 0.05) is 0 Å². The maximum absolute atomic E-state index is 12.9. The van der Waals surface area contributed by atoms with Crippen LogP contribution < -0.4 is 9.46 Å². The smallest absolute Gasteiger partial charge is 0.416 e. The van der Waals surface area contributed by atoms with Crippen molar-refractivity contribution in [3.05, 3.63) is 77.7 Å². The number of hydrogen-bond donors (Lipinski definition) is 2. The molecular weight excluding hydrogens is 470 g/mol. The highest BCUT2D eigenvalue weighted by Gasteiger charge is 2.30. The molecule has 0 atom stereocenters. The summed E-state index contributed by atoms with van der Waals surface area (Å²) in [7, 11) is -4.16. The van der Waals surface area contributed by atoms with E-state index < -0.39 is 27.6 Å². The van der Waals surface area contributed by atoms with Crippen molar-refractivity contribution < 1.29 is 40.6 Å². The van der Waals surface area contributed by atoms with Gasteiger partial charge in [0.25, 0.3) is 16.5 Å². The molecule has 0 aliphatic carbocycles. The van der Waals surface area contributed by atoms with Gasteiger partial charge in [-0.2, -0.15) is 18.4 Å². The van der Waals surface area contributed by atoms with Crippen molar-refractivity contribution in [2.45, 2.75) is 11.1 Å². The Morgan fingerprint density at radius 1 is 1.12 bits per heavy atom. The van der Waals surface area contributed by atoms with Gasteiger partial charge in [0.15, 0.2) is 0 Å². The van der Waals surface area contributed by atoms with Gasteiger partial charge in [0.2, 0.25) is 0 Å². The number of nitrogens with zero attached hydrogens (tertiary/aromatic N) is 2. The SMILES string of the molecule is N#Cc1cc(S(=O)(=O)Nc2ccc(F)cn2)ccc1Oc1cccc(C(F)(F)F)c1.O=CO. The van der Waals surface area contributed by atoms with E-state index in [0.717, 1.165) is 54.7 Å². The van der Waals surface area contributed by atoms with Crippen LogP contribution in [-0.4, -0.2) is 25.0 Å². The highest BCUT2D eigenvalue weighted by molar-refractivity contribution is 7.92. The number of rotatable bonds is 5. The molecule has 8 nitrogen and oxygen atoms in total. The quantitative estimate of drug-likeness (QED) is 0.406. The maximum atomic E-state index is 12.9. The normalized spacial score (nSPS) is 10.9. The van der Waals surface area contributed by atoms with Gasteiger partial charge >= 0.3 is 6.18 Å². The van der Waals surface area contributed by atoms with Gasteiger partial charge in [-0.05, 0) is 48.5 Å². The molecule has 0 spiro atoms. The number of nitrogens with one attached hydrogen (secondary N) is 1. The summed E-state index contributed by atoms with van der Waals surface area (Å²) >= 11 is 0. The summed E-state index contributed by atoms with van der Waals surface area (Å²) in [5.74, 6) is -1.10. The van der Waals surface area contributed by atoms with E-state index in [1.165, 1.54) is 6.07 Å². The first-order valence-electron chi connectivity index (χ1n) is 8.61. The van der Waals surface area contributed by atoms with Crippen LogP contribution in [0.4, 0.5) is 23.4 Å². The number of ether oxygens (including phenoxy) is 1. The summed E-state index contributed by atoms with van der Waals surface area (Å²) in [6.45, 7) is -0.250. The first-order valence-corrected chi connectivity index (χ1v) is 10.1. The predicted molar refractivity (Wildman–Crippen MR) is 106 cm³/mol. The minimum atomic E-state index is -4.57. The van der Waals surface area contributed by atoms with Gasteiger partial charge in [-0.1, -0.05) is 6.07 Å². The van der Waals surface area contributed by atoms with Crippen LogP contribution in [0.5, 0.6) is 11.5 Å². The van der Waals surface area contributed by atoms with Gasteiger partial charge in [-0.15, -0.1) is 0 Å². The number of nitriles is 1. The molecule has 0 saturated heterocycles. The van der Waals surface area contributed by atoms with E-state index in [0.29, 0.717) is 0 Å². The third-order valence-corrected chi connectivity index (χ3v) is 5.09. The molecule has 1 heterocycles. The van der Waals surface area contributed by atoms with E-state index in [-0.39, 0.29) is 34.2 Å². The Morgan fingerprint density at radius 2 is 1.82 bits per heavy atom. The Kier molecular flexibility index (Phi) is 7.92. The Bertz CT molecular complexity index is 1270. The number of benzene rings is 2. The highest BCUT2D eigenvalue weighted by Crippen LogP contribution is 2.34. The zero-order chi connectivity index (χ0) is 24.6. The monoisotopic (exact) mass is 483 g/mol. The van der Waals surface area contributed by atoms with Crippen molar-refractivity contribution in [3.63, 3.8) is 0 Å². The number of carboxylic acid groups (broad SMARTS) is 1. The number of hydrogen-bond acceptors (Lipinski definition) is 6. The molecule has 172 valence electrons. The molecule has 2 aromatic carbocycles. The van der Waals surface area contributed by atoms with Gasteiger partial charge in [-0.25, -0.2) is 17.8 Å². The largest absolute Gasteiger partial charge is 0.483 e. The molecule has 0 aliphatic heterocycles. The summed E-state index contributed by atoms with van der Waals surface area (Å²) in [6, 6.07) is 11.1. The number of pyridine rings is 1. The molecule has 13 heteroatoms. The van der Waals surface area contributed by atoms with E-state index >= 15 is 0 Å². The molecule has 2 N–H and O–H groups in total. The Labute approximate surface area is 184 Å². The van der Waals surface area contributed by atoms with E-state index in [1.54, 1.807) is 6.07 Å². The van der Waals surface area contributed by atoms with Crippen molar-refractivity contribution in [1.29, 1.82) is 5.26 Å². The third-order valence-electron chi connectivity index (χ3n) is 3.74. The number of halogens is 4. The fourth-order valence-corrected chi connectivity index (χ4v) is 3.38. The van der Waals surface area contributed by atoms with Crippen molar-refractivity contribution in [3.8, 4) is 17.6 Å². The average Bonchev–Trinajstić information content (AvgIpc) is 2.75. The zero-order valence-electron chi connectivity index (χ0n) is 16.2. The van der Waals surface area contributed by atoms with Crippen molar-refractivity contribution in [1.82, 2.24) is 4.98 Å². The molecule has 0 saturated carbocycles. The van der Waals surface area contributed by atoms with Crippen molar-refractivity contribution in [2.75, 3.05) is 4.72 Å². The summed E-state index contributed by atoms with van der Waals surface area (Å²) in [5, 5.41) is 16.2. The number of alkyl halides is 3. The number of sulfonamides is 1. The molecule has 0 unspecified atom stereocenters. The van der Waals surface area contributed by atoms with Gasteiger partial charge in [0.1, 0.15) is 29.2 Å². The lowest BCUT2D eigenvalue weighted by atomic mass is 10.2. The lowest BCUT2D eigenvalue weighted by Gasteiger charge is -2.12. The van der Waals surface area contributed by atoms with E-state index in [4.69, 9.17) is 14.6 Å². The average molecular weight is 483 g/mol. The summed E-state index contributed by atoms with van der Waals surface area (Å²) < 4.78 is 83.8. The van der Waals surface area contributed by atoms with E-state index in [2.05, 4.69) is 9.71 Å². The maximum Gasteiger partial charge on any atom is 0.416 e. The number of carbonyl (C=O) groups is 1. The van der Waals surface area contributed by atoms with Crippen LogP contribution in [0.2, 0.25) is 0 Å². The van der Waals surface area contributed by atoms with Crippen LogP contribution in [-0.2, 0) is 21.0 Å². The van der Waals surface area contributed by atoms with Crippen molar-refractivity contribution in [2.24, 2.45) is 0 Å². The molecule has 0 radical (unpaired) electrons. The lowest BCUT2D eigenvalue weighted by molar-refractivity contribution is -0.137. The van der Waals surface area contributed by atoms with Crippen LogP contribution in [0, 0.1) is 17.1 Å². The van der Waals surface area contributed by atoms with Crippen LogP contribution in [0.15, 0.2) is 65.7 Å². The second-order valence-corrected chi connectivity index (χ2v) is 7.65. The van der Waals surface area contributed by atoms with E-state index in [9.17, 15) is 31.2 Å². The van der Waals surface area contributed by atoms with Gasteiger partial charge in [-0.3, -0.25) is 9.52 Å². The first kappa shape index (κ1) is 25.1. The first-order chi connectivity index (χ1) is 15.5. The minimum Gasteiger partial charge on any atom is -0.483 e. The molecule has 1 aromatic heterocycles. The topological polar surface area (TPSA) is 129 Å². The molecule has 3 aromatic rings. The van der Waals surface area contributed by atoms with Gasteiger partial charge < -0.3 is 9.84 Å². The van der Waals surface area contributed by atoms with E-state index in [1.807, 2.05) is 0 Å². The molecule has 3 rings (SSSR count). The lowest BCUT2D eigenvalue weighted by Crippen LogP contribution is -2.14. The fourth-order valence-electron chi connectivity index (χ4n) is 2.35. The fraction of sp³-hybridized carbons (Fsp3) is 0.0500. The molecule has 0 aliphatic rings. The molecule has 0 bridgehead atoms. The van der Waals surface area contributed by atoms with Crippen LogP contribution >= 0.6 is 0 Å². The molecule has 0 fully saturated rings. The summed E-state index contributed by atoms with van der Waals surface area (Å²) in [6.07, 6.45) is -3.75. The summed E-state index contributed by atoms with van der Waals surface area (Å²) in [4.78, 5) is 11.6. The molecule has 0 amide bonds. The Balaban J connectivity index is 0.00000122. The Hall–Kier alpha value is -4.18. The van der Waals surface area contributed by atoms with Crippen LogP contribution in [0.3, 0.4) is 0 Å². The van der Waals surface area contributed by atoms with Crippen LogP contribution in [0.25, 0.3) is 0 Å². The highest BCUT2D eigenvalue weighted by atomic mass is 32.2. The third kappa shape index (κ3) is 6.91. The standard InChI is InChI=1S/C19H11F4N3O3S.CH2O2/c20-14-4-7-18(25-11-14)26-30(27,28)16-5-6-17(12(8-16)10-24)29-15-3-1-2-13(9-15)19(21,22)23;2-1-3/h1-9,11H,(H,25,26);1H,(H,2,3). The minimum absolute atomic E-state index is 0.129. The second kappa shape index (κ2) is 10.4. The number of anilines is 1. The summed E-state index contributed by atoms with van der Waals surface area (Å²) in [5.41, 5.74) is -1.16. The zero-order valence-corrected chi connectivity index (χ0v) is 17.1. The van der Waals surface area contributed by atoms with Gasteiger partial charge in [0.05, 0.1) is 22.2 Å². The molecule has 33 heavy (non-hydrogen) atoms. The van der Waals surface area contributed by atoms with Crippen LogP contribution in [0.1, 0.15) is 11.1 Å². The number of aromatic nitrogens is 1.